The summed E-state index contributed by atoms with van der Waals surface area (Å²) in [7, 11) is -4.97. The van der Waals surface area contributed by atoms with Gasteiger partial charge in [0.1, 0.15) is 18.2 Å². The number of aromatic nitrogens is 8. The van der Waals surface area contributed by atoms with Crippen LogP contribution in [0.4, 0.5) is 0 Å². The summed E-state index contributed by atoms with van der Waals surface area (Å²) < 4.78 is 51.5. The van der Waals surface area contributed by atoms with Crippen LogP contribution in [0.3, 0.4) is 0 Å². The highest BCUT2D eigenvalue weighted by molar-refractivity contribution is 9.10. The summed E-state index contributed by atoms with van der Waals surface area (Å²) in [5.74, 6) is 1.62. The molecule has 8 aromatic heterocycles. The van der Waals surface area contributed by atoms with Crippen LogP contribution in [0.25, 0.3) is 165 Å². The molecule has 0 amide bonds. The average molecular weight is 1570 g/mol. The largest absolute Gasteiger partial charge is 0.548 e. The predicted octanol–water partition coefficient (Wildman–Crippen LogP) is 24.9. The molecule has 0 aliphatic rings. The van der Waals surface area contributed by atoms with E-state index in [2.05, 4.69) is 322 Å². The first-order chi connectivity index (χ1) is 55.7. The second-order valence-electron chi connectivity index (χ2n) is 28.0. The first kappa shape index (κ1) is 69.1. The lowest BCUT2D eigenvalue weighted by molar-refractivity contribution is 0.348. The Morgan fingerprint density at radius 1 is 0.292 bits per heavy atom. The van der Waals surface area contributed by atoms with Crippen molar-refractivity contribution in [2.75, 3.05) is 13.2 Å². The number of hydrogen-bond donors (Lipinski definition) is 0. The average Bonchev–Trinajstić information content (AvgIpc) is 1.57. The summed E-state index contributed by atoms with van der Waals surface area (Å²) in [5, 5.41) is 16.5. The van der Waals surface area contributed by atoms with E-state index in [0.29, 0.717) is 23.8 Å². The lowest BCUT2D eigenvalue weighted by Gasteiger charge is -2.18. The van der Waals surface area contributed by atoms with Gasteiger partial charge in [0, 0.05) is 110 Å². The fraction of sp³-hybridized carbons (Fsp3) is 0.0408. The zero-order valence-corrected chi connectivity index (χ0v) is 64.9. The maximum atomic E-state index is 14.4. The number of fused-ring (bicyclic) bond motifs is 18. The zero-order valence-electron chi connectivity index (χ0n) is 61.5. The predicted molar refractivity (Wildman–Crippen MR) is 472 cm³/mol. The number of nitrogens with zero attached hydrogens (tertiary/aromatic N) is 8. The fourth-order valence-electron chi connectivity index (χ4n) is 16.9. The maximum absolute atomic E-state index is 14.4. The minimum Gasteiger partial charge on any atom is -0.322 e. The zero-order chi connectivity index (χ0) is 75.8. The van der Waals surface area contributed by atoms with E-state index in [9.17, 15) is 9.13 Å². The number of para-hydroxylation sites is 8. The van der Waals surface area contributed by atoms with Crippen molar-refractivity contribution in [1.82, 2.24) is 37.4 Å². The Kier molecular flexibility index (Phi) is 17.5. The van der Waals surface area contributed by atoms with Gasteiger partial charge in [-0.2, -0.15) is 0 Å². The van der Waals surface area contributed by atoms with Gasteiger partial charge in [0.15, 0.2) is 0 Å². The molecule has 0 saturated heterocycles. The molecule has 0 saturated carbocycles. The molecule has 15 heteroatoms. The van der Waals surface area contributed by atoms with E-state index < -0.39 is 15.4 Å². The summed E-state index contributed by atoms with van der Waals surface area (Å²) in [4.78, 5) is 9.84. The van der Waals surface area contributed by atoms with Crippen LogP contribution in [0.1, 0.15) is 13.8 Å². The van der Waals surface area contributed by atoms with Gasteiger partial charge in [-0.1, -0.05) is 182 Å². The number of pyridine rings is 2. The highest BCUT2D eigenvalue weighted by atomic mass is 79.9. The highest BCUT2D eigenvalue weighted by Gasteiger charge is 2.30. The Bertz CT molecular complexity index is 6990. The Balaban J connectivity index is 0.000000131. The molecule has 113 heavy (non-hydrogen) atoms. The van der Waals surface area contributed by atoms with Crippen LogP contribution >= 0.6 is 31.3 Å². The Morgan fingerprint density at radius 3 is 0.858 bits per heavy atom. The smallest absolute Gasteiger partial charge is 0.322 e. The van der Waals surface area contributed by atoms with Gasteiger partial charge in [-0.25, -0.2) is 9.97 Å². The highest BCUT2D eigenvalue weighted by Crippen LogP contribution is 2.46. The van der Waals surface area contributed by atoms with Crippen LogP contribution in [0.5, 0.6) is 0 Å². The molecule has 0 N–H and O–H groups in total. The number of rotatable bonds is 13. The molecule has 0 bridgehead atoms. The standard InChI is InChI=1S/C49H35N4O2P.C41H25BrN4.C8H10O2P/c1-2-55-56(54,35-14-4-3-5-15-35)36-26-29-49(50-32-36)53-47-27-24-33(51-43-20-10-6-16-37(43)38-17-7-11-21-44(38)51)30-41(47)42-31-34(25-28-48(42)53)52-45-22-12-8-18-39(45)40-19-9-13-23-46(40)52;42-26-17-22-41(43-25-26)46-39-20-18-27(44-35-13-5-1-9-29(35)30-10-2-6-14-36(30)44)23-33(39)34-24-28(19-21-40(34)46)45-37-15-7-3-11-31(37)32-12-4-8-16-38(32)45;1-2-10-11(9)8-6-4-3-5-7-8/h3-32H,2H2,1H3;1-25H;3-7H,2H2,1H3/q;;+1. The number of hydrogen-bond acceptors (Lipinski definition) is 6. The quantitative estimate of drug-likeness (QED) is 0.106. The van der Waals surface area contributed by atoms with E-state index in [1.165, 1.54) is 75.9 Å². The van der Waals surface area contributed by atoms with Crippen LogP contribution in [0, 0.1) is 0 Å². The monoisotopic (exact) mass is 1560 g/mol. The van der Waals surface area contributed by atoms with Gasteiger partial charge in [0.25, 0.3) is 7.37 Å². The third kappa shape index (κ3) is 11.7. The molecule has 12 nitrogen and oxygen atoms in total. The van der Waals surface area contributed by atoms with Crippen LogP contribution < -0.4 is 15.9 Å². The molecule has 22 aromatic rings. The topological polar surface area (TPSA) is 108 Å². The maximum Gasteiger partial charge on any atom is 0.548 e. The summed E-state index contributed by atoms with van der Waals surface area (Å²) >= 11 is 3.57. The molecule has 0 radical (unpaired) electrons. The molecule has 22 rings (SSSR count). The van der Waals surface area contributed by atoms with Crippen molar-refractivity contribution in [3.63, 3.8) is 0 Å². The van der Waals surface area contributed by atoms with Crippen LogP contribution in [0.15, 0.2) is 369 Å². The van der Waals surface area contributed by atoms with Crippen molar-refractivity contribution >= 4 is 178 Å². The number of halogens is 1. The first-order valence-electron chi connectivity index (χ1n) is 37.9. The van der Waals surface area contributed by atoms with Gasteiger partial charge in [-0.05, 0) is 204 Å². The van der Waals surface area contributed by atoms with Crippen molar-refractivity contribution in [2.45, 2.75) is 13.8 Å². The molecule has 8 heterocycles. The molecule has 0 fully saturated rings. The third-order valence-corrected chi connectivity index (χ3v) is 25.9. The van der Waals surface area contributed by atoms with Crippen LogP contribution in [-0.2, 0) is 18.2 Å². The van der Waals surface area contributed by atoms with E-state index in [4.69, 9.17) is 19.0 Å². The van der Waals surface area contributed by atoms with Gasteiger partial charge < -0.3 is 22.8 Å². The first-order valence-corrected chi connectivity index (χ1v) is 41.5. The van der Waals surface area contributed by atoms with Gasteiger partial charge >= 0.3 is 8.03 Å². The minimum absolute atomic E-state index is 0.323. The van der Waals surface area contributed by atoms with Crippen LogP contribution in [-0.4, -0.2) is 50.6 Å². The van der Waals surface area contributed by atoms with E-state index in [1.54, 1.807) is 18.3 Å². The van der Waals surface area contributed by atoms with Gasteiger partial charge in [0.2, 0.25) is 5.30 Å². The van der Waals surface area contributed by atoms with E-state index in [-0.39, 0.29) is 0 Å². The summed E-state index contributed by atoms with van der Waals surface area (Å²) in [5.41, 5.74) is 18.2. The molecule has 0 aliphatic heterocycles. The van der Waals surface area contributed by atoms with Gasteiger partial charge in [0.05, 0.1) is 78.1 Å². The molecule has 14 aromatic carbocycles. The van der Waals surface area contributed by atoms with E-state index in [1.807, 2.05) is 80.7 Å². The third-order valence-electron chi connectivity index (χ3n) is 21.7. The summed E-state index contributed by atoms with van der Waals surface area (Å²) in [6.07, 6.45) is 3.58. The normalized spacial score (nSPS) is 12.5. The van der Waals surface area contributed by atoms with Crippen molar-refractivity contribution in [2.24, 2.45) is 0 Å². The SMILES string of the molecule is Brc1ccc(-n2c3ccc(-n4c5ccccc5c5ccccc54)cc3c3cc(-n4c5ccccc5c5ccccc54)ccc32)nc1.CCOP(=O)(c1ccccc1)c1ccc(-n2c3ccc(-n4c5ccccc5c5ccccc54)cc3c3cc(-n4c5ccccc5c5ccccc54)ccc32)nc1.CCO[P+](=O)c1ccccc1. The van der Waals surface area contributed by atoms with E-state index >= 15 is 0 Å². The Labute approximate surface area is 659 Å². The summed E-state index contributed by atoms with van der Waals surface area (Å²) in [6.45, 7) is 4.51. The van der Waals surface area contributed by atoms with Gasteiger partial charge in [-0.3, -0.25) is 13.7 Å². The molecule has 0 spiro atoms. The van der Waals surface area contributed by atoms with Crippen molar-refractivity contribution in [3.05, 3.63) is 369 Å². The van der Waals surface area contributed by atoms with Crippen LogP contribution in [0.2, 0.25) is 0 Å². The number of benzene rings is 14. The molecule has 2 unspecified atom stereocenters. The molecule has 542 valence electrons. The molecular weight excluding hydrogens is 1490 g/mol. The van der Waals surface area contributed by atoms with E-state index in [0.717, 1.165) is 99.1 Å². The Morgan fingerprint density at radius 2 is 0.575 bits per heavy atom. The molecule has 0 aliphatic carbocycles. The lowest BCUT2D eigenvalue weighted by atomic mass is 10.1. The van der Waals surface area contributed by atoms with Crippen molar-refractivity contribution < 1.29 is 18.2 Å². The minimum atomic E-state index is -3.34. The lowest BCUT2D eigenvalue weighted by Crippen LogP contribution is -2.19. The van der Waals surface area contributed by atoms with Gasteiger partial charge in [-0.15, -0.1) is 4.52 Å². The second-order valence-corrected chi connectivity index (χ2v) is 32.6. The second kappa shape index (κ2) is 28.7. The molecular formula is C98H70BrN8O4P2+. The molecule has 2 atom stereocenters. The van der Waals surface area contributed by atoms with Crippen molar-refractivity contribution in [3.8, 4) is 34.4 Å². The summed E-state index contributed by atoms with van der Waals surface area (Å²) in [6, 6.07) is 123. The Hall–Kier alpha value is -13.1. The fourth-order valence-corrected chi connectivity index (χ4v) is 19.9. The van der Waals surface area contributed by atoms with Crippen molar-refractivity contribution in [1.29, 1.82) is 0 Å².